The first-order chi connectivity index (χ1) is 11.7. The van der Waals surface area contributed by atoms with Crippen LogP contribution in [0.15, 0.2) is 30.7 Å². The molecular formula is C18H24N4O2. The summed E-state index contributed by atoms with van der Waals surface area (Å²) in [6.45, 7) is 4.47. The number of hydrogen-bond donors (Lipinski definition) is 1. The van der Waals surface area contributed by atoms with Crippen molar-refractivity contribution < 1.29 is 9.90 Å². The Morgan fingerprint density at radius 3 is 3.04 bits per heavy atom. The number of aryl methyl sites for hydroxylation is 1. The third-order valence-corrected chi connectivity index (χ3v) is 4.56. The molecule has 1 amide bonds. The van der Waals surface area contributed by atoms with Crippen LogP contribution in [0.4, 0.5) is 0 Å². The van der Waals surface area contributed by atoms with Gasteiger partial charge in [0.2, 0.25) is 0 Å². The lowest BCUT2D eigenvalue weighted by Gasteiger charge is -2.32. The van der Waals surface area contributed by atoms with E-state index in [0.717, 1.165) is 38.1 Å². The van der Waals surface area contributed by atoms with Crippen LogP contribution in [0, 0.1) is 0 Å². The molecule has 0 radical (unpaired) electrons. The Bertz CT molecular complexity index is 698. The summed E-state index contributed by atoms with van der Waals surface area (Å²) in [5.41, 5.74) is 0.132. The lowest BCUT2D eigenvalue weighted by atomic mass is 9.96. The van der Waals surface area contributed by atoms with Gasteiger partial charge in [-0.1, -0.05) is 13.3 Å². The Morgan fingerprint density at radius 1 is 1.38 bits per heavy atom. The number of imidazole rings is 1. The van der Waals surface area contributed by atoms with Gasteiger partial charge < -0.3 is 14.6 Å². The third-order valence-electron chi connectivity index (χ3n) is 4.56. The second kappa shape index (κ2) is 7.47. The number of amides is 1. The van der Waals surface area contributed by atoms with Gasteiger partial charge in [-0.25, -0.2) is 9.97 Å². The molecule has 1 saturated heterocycles. The van der Waals surface area contributed by atoms with Gasteiger partial charge in [-0.3, -0.25) is 4.79 Å². The monoisotopic (exact) mass is 328 g/mol. The standard InChI is InChI=1S/C18H24N4O2/c1-2-3-10-21-12-9-20-17(21)14-6-5-11-22(13-14)18(24)16-15(23)7-4-8-19-16/h4,7-9,12,14,23H,2-3,5-6,10-11,13H2,1H3/t14-/m0/s1. The second-order valence-electron chi connectivity index (χ2n) is 6.29. The zero-order valence-corrected chi connectivity index (χ0v) is 14.1. The molecule has 1 fully saturated rings. The number of rotatable bonds is 5. The minimum atomic E-state index is -0.204. The number of aromatic hydroxyl groups is 1. The van der Waals surface area contributed by atoms with Crippen LogP contribution >= 0.6 is 0 Å². The number of hydrogen-bond acceptors (Lipinski definition) is 4. The van der Waals surface area contributed by atoms with E-state index in [1.165, 1.54) is 12.3 Å². The highest BCUT2D eigenvalue weighted by Crippen LogP contribution is 2.28. The van der Waals surface area contributed by atoms with Gasteiger partial charge in [0.15, 0.2) is 5.69 Å². The number of aromatic nitrogens is 3. The maximum Gasteiger partial charge on any atom is 0.276 e. The van der Waals surface area contributed by atoms with Crippen molar-refractivity contribution in [3.05, 3.63) is 42.2 Å². The van der Waals surface area contributed by atoms with Crippen LogP contribution in [0.2, 0.25) is 0 Å². The fourth-order valence-corrected chi connectivity index (χ4v) is 3.28. The van der Waals surface area contributed by atoms with E-state index in [0.29, 0.717) is 13.1 Å². The molecule has 3 heterocycles. The molecule has 2 aromatic rings. The molecule has 24 heavy (non-hydrogen) atoms. The summed E-state index contributed by atoms with van der Waals surface area (Å²) in [5.74, 6) is 1.03. The number of pyridine rings is 1. The Morgan fingerprint density at radius 2 is 2.25 bits per heavy atom. The van der Waals surface area contributed by atoms with Gasteiger partial charge >= 0.3 is 0 Å². The molecule has 0 aliphatic carbocycles. The molecule has 0 spiro atoms. The van der Waals surface area contributed by atoms with Crippen molar-refractivity contribution in [2.75, 3.05) is 13.1 Å². The van der Waals surface area contributed by atoms with Crippen molar-refractivity contribution in [3.63, 3.8) is 0 Å². The Kier molecular flexibility index (Phi) is 5.13. The zero-order valence-electron chi connectivity index (χ0n) is 14.1. The molecule has 6 nitrogen and oxygen atoms in total. The van der Waals surface area contributed by atoms with Gasteiger partial charge in [0, 0.05) is 44.1 Å². The van der Waals surface area contributed by atoms with E-state index in [1.807, 2.05) is 12.4 Å². The molecule has 0 aromatic carbocycles. The van der Waals surface area contributed by atoms with E-state index in [1.54, 1.807) is 11.0 Å². The van der Waals surface area contributed by atoms with E-state index >= 15 is 0 Å². The van der Waals surface area contributed by atoms with E-state index in [4.69, 9.17) is 0 Å². The van der Waals surface area contributed by atoms with E-state index in [9.17, 15) is 9.90 Å². The van der Waals surface area contributed by atoms with Crippen LogP contribution in [0.5, 0.6) is 5.75 Å². The van der Waals surface area contributed by atoms with Gasteiger partial charge in [-0.2, -0.15) is 0 Å². The minimum Gasteiger partial charge on any atom is -0.505 e. The average molecular weight is 328 g/mol. The molecular weight excluding hydrogens is 304 g/mol. The van der Waals surface area contributed by atoms with Crippen molar-refractivity contribution in [3.8, 4) is 5.75 Å². The van der Waals surface area contributed by atoms with E-state index in [2.05, 4.69) is 21.5 Å². The summed E-state index contributed by atoms with van der Waals surface area (Å²) in [7, 11) is 0. The van der Waals surface area contributed by atoms with Crippen molar-refractivity contribution in [2.24, 2.45) is 0 Å². The van der Waals surface area contributed by atoms with Crippen LogP contribution < -0.4 is 0 Å². The molecule has 128 valence electrons. The molecule has 0 bridgehead atoms. The molecule has 1 N–H and O–H groups in total. The maximum atomic E-state index is 12.7. The molecule has 2 aromatic heterocycles. The summed E-state index contributed by atoms with van der Waals surface area (Å²) in [5, 5.41) is 9.88. The largest absolute Gasteiger partial charge is 0.505 e. The summed E-state index contributed by atoms with van der Waals surface area (Å²) >= 11 is 0. The predicted octanol–water partition coefficient (Wildman–Crippen LogP) is 2.80. The smallest absolute Gasteiger partial charge is 0.276 e. The number of piperidine rings is 1. The molecule has 0 saturated carbocycles. The molecule has 1 aliphatic heterocycles. The van der Waals surface area contributed by atoms with Crippen LogP contribution in [0.25, 0.3) is 0 Å². The van der Waals surface area contributed by atoms with E-state index < -0.39 is 0 Å². The molecule has 0 unspecified atom stereocenters. The van der Waals surface area contributed by atoms with Crippen molar-refractivity contribution in [1.82, 2.24) is 19.4 Å². The Balaban J connectivity index is 1.74. The number of nitrogens with zero attached hydrogens (tertiary/aromatic N) is 4. The Labute approximate surface area is 142 Å². The highest BCUT2D eigenvalue weighted by Gasteiger charge is 2.29. The number of carbonyl (C=O) groups is 1. The number of likely N-dealkylation sites (tertiary alicyclic amines) is 1. The molecule has 6 heteroatoms. The number of carbonyl (C=O) groups excluding carboxylic acids is 1. The fourth-order valence-electron chi connectivity index (χ4n) is 3.28. The van der Waals surface area contributed by atoms with Crippen molar-refractivity contribution >= 4 is 5.91 Å². The quantitative estimate of drug-likeness (QED) is 0.916. The SMILES string of the molecule is CCCCn1ccnc1[C@H]1CCCN(C(=O)c2ncccc2O)C1. The summed E-state index contributed by atoms with van der Waals surface area (Å²) < 4.78 is 2.21. The van der Waals surface area contributed by atoms with Gasteiger partial charge in [0.05, 0.1) is 0 Å². The Hall–Kier alpha value is -2.37. The predicted molar refractivity (Wildman–Crippen MR) is 90.9 cm³/mol. The summed E-state index contributed by atoms with van der Waals surface area (Å²) in [4.78, 5) is 23.0. The fraction of sp³-hybridized carbons (Fsp3) is 0.500. The normalized spacial score (nSPS) is 17.9. The van der Waals surface area contributed by atoms with Crippen LogP contribution in [0.3, 0.4) is 0 Å². The summed E-state index contributed by atoms with van der Waals surface area (Å²) in [6.07, 6.45) is 9.64. The zero-order chi connectivity index (χ0) is 16.9. The maximum absolute atomic E-state index is 12.7. The highest BCUT2D eigenvalue weighted by molar-refractivity contribution is 5.94. The van der Waals surface area contributed by atoms with Gasteiger partial charge in [-0.05, 0) is 31.4 Å². The van der Waals surface area contributed by atoms with Gasteiger partial charge in [0.1, 0.15) is 11.6 Å². The lowest BCUT2D eigenvalue weighted by molar-refractivity contribution is 0.0694. The van der Waals surface area contributed by atoms with Crippen molar-refractivity contribution in [1.29, 1.82) is 0 Å². The van der Waals surface area contributed by atoms with E-state index in [-0.39, 0.29) is 23.3 Å². The number of unbranched alkanes of at least 4 members (excludes halogenated alkanes) is 1. The molecule has 3 rings (SSSR count). The first-order valence-corrected chi connectivity index (χ1v) is 8.65. The second-order valence-corrected chi connectivity index (χ2v) is 6.29. The lowest BCUT2D eigenvalue weighted by Crippen LogP contribution is -2.40. The highest BCUT2D eigenvalue weighted by atomic mass is 16.3. The van der Waals surface area contributed by atoms with Crippen LogP contribution in [0.1, 0.15) is 54.8 Å². The van der Waals surface area contributed by atoms with Crippen LogP contribution in [-0.2, 0) is 6.54 Å². The van der Waals surface area contributed by atoms with Crippen LogP contribution in [-0.4, -0.2) is 43.5 Å². The summed E-state index contributed by atoms with van der Waals surface area (Å²) in [6, 6.07) is 3.12. The first-order valence-electron chi connectivity index (χ1n) is 8.65. The minimum absolute atomic E-state index is 0.0610. The average Bonchev–Trinajstić information content (AvgIpc) is 3.08. The van der Waals surface area contributed by atoms with Crippen molar-refractivity contribution in [2.45, 2.75) is 45.1 Å². The van der Waals surface area contributed by atoms with Gasteiger partial charge in [-0.15, -0.1) is 0 Å². The molecule has 1 aliphatic rings. The first kappa shape index (κ1) is 16.5. The van der Waals surface area contributed by atoms with Gasteiger partial charge in [0.25, 0.3) is 5.91 Å². The topological polar surface area (TPSA) is 71.2 Å². The third kappa shape index (κ3) is 3.42. The molecule has 1 atom stereocenters.